The monoisotopic (exact) mass is 359 g/mol. The molecule has 10 nitrogen and oxygen atoms in total. The van der Waals surface area contributed by atoms with Crippen LogP contribution in [-0.4, -0.2) is 53.0 Å². The third-order valence-electron chi connectivity index (χ3n) is 4.56. The molecule has 0 aromatic carbocycles. The fourth-order valence-corrected chi connectivity index (χ4v) is 3.18. The normalized spacial score (nSPS) is 24.3. The average molecular weight is 359 g/mol. The van der Waals surface area contributed by atoms with Crippen LogP contribution in [0.3, 0.4) is 0 Å². The van der Waals surface area contributed by atoms with E-state index in [1.54, 1.807) is 23.4 Å². The van der Waals surface area contributed by atoms with Gasteiger partial charge >= 0.3 is 0 Å². The van der Waals surface area contributed by atoms with Gasteiger partial charge in [-0.05, 0) is 6.42 Å². The number of nitrogens with two attached hydrogens (primary N) is 1. The Labute approximate surface area is 149 Å². The summed E-state index contributed by atoms with van der Waals surface area (Å²) in [5, 5.41) is 10.4. The predicted molar refractivity (Wildman–Crippen MR) is 91.8 cm³/mol. The molecule has 4 atom stereocenters. The number of rotatable bonds is 6. The van der Waals surface area contributed by atoms with E-state index in [1.165, 1.54) is 6.33 Å². The first kappa shape index (κ1) is 16.9. The molecule has 10 heteroatoms. The molecule has 0 bridgehead atoms. The molecule has 4 rings (SSSR count). The van der Waals surface area contributed by atoms with Crippen molar-refractivity contribution in [3.63, 3.8) is 0 Å². The number of anilines is 1. The largest absolute Gasteiger partial charge is 0.390 e. The van der Waals surface area contributed by atoms with Crippen LogP contribution in [0.15, 0.2) is 31.4 Å². The first-order chi connectivity index (χ1) is 12.7. The second-order valence-electron chi connectivity index (χ2n) is 6.22. The van der Waals surface area contributed by atoms with Crippen LogP contribution in [0.4, 0.5) is 5.82 Å². The Morgan fingerprint density at radius 3 is 3.04 bits per heavy atom. The molecule has 26 heavy (non-hydrogen) atoms. The maximum Gasteiger partial charge on any atom is 0.167 e. The Balaban J connectivity index is 1.45. The van der Waals surface area contributed by atoms with Crippen LogP contribution >= 0.6 is 0 Å². The highest BCUT2D eigenvalue weighted by atomic mass is 16.6. The highest BCUT2D eigenvalue weighted by molar-refractivity contribution is 5.81. The van der Waals surface area contributed by atoms with E-state index >= 15 is 0 Å². The molecule has 1 fully saturated rings. The second kappa shape index (κ2) is 6.98. The fraction of sp³-hybridized carbons (Fsp3) is 0.500. The van der Waals surface area contributed by atoms with E-state index in [4.69, 9.17) is 15.2 Å². The number of imidazole rings is 2. The zero-order valence-corrected chi connectivity index (χ0v) is 14.3. The van der Waals surface area contributed by atoms with E-state index in [1.807, 2.05) is 17.7 Å². The molecular formula is C16H21N7O3. The third kappa shape index (κ3) is 3.02. The van der Waals surface area contributed by atoms with Crippen LogP contribution in [-0.2, 0) is 9.47 Å². The van der Waals surface area contributed by atoms with Gasteiger partial charge in [-0.25, -0.2) is 19.9 Å². The summed E-state index contributed by atoms with van der Waals surface area (Å²) in [5.74, 6) is 0.318. The van der Waals surface area contributed by atoms with E-state index in [0.717, 1.165) is 6.42 Å². The molecule has 3 aromatic rings. The van der Waals surface area contributed by atoms with Gasteiger partial charge in [-0.2, -0.15) is 0 Å². The first-order valence-electron chi connectivity index (χ1n) is 8.53. The van der Waals surface area contributed by atoms with Gasteiger partial charge in [0, 0.05) is 18.8 Å². The van der Waals surface area contributed by atoms with Crippen molar-refractivity contribution in [3.05, 3.63) is 31.4 Å². The number of aliphatic hydroxyl groups excluding tert-OH is 1. The van der Waals surface area contributed by atoms with Crippen LogP contribution in [0.25, 0.3) is 11.2 Å². The van der Waals surface area contributed by atoms with Gasteiger partial charge in [-0.1, -0.05) is 6.92 Å². The molecule has 4 heterocycles. The van der Waals surface area contributed by atoms with Crippen molar-refractivity contribution in [2.24, 2.45) is 0 Å². The lowest BCUT2D eigenvalue weighted by molar-refractivity contribution is -0.0961. The van der Waals surface area contributed by atoms with E-state index in [0.29, 0.717) is 23.4 Å². The van der Waals surface area contributed by atoms with Gasteiger partial charge in [0.2, 0.25) is 0 Å². The van der Waals surface area contributed by atoms with Gasteiger partial charge in [-0.3, -0.25) is 4.57 Å². The van der Waals surface area contributed by atoms with E-state index in [-0.39, 0.29) is 19.1 Å². The summed E-state index contributed by atoms with van der Waals surface area (Å²) in [6.45, 7) is 2.30. The Hall–Kier alpha value is -2.56. The minimum absolute atomic E-state index is 0.144. The van der Waals surface area contributed by atoms with Gasteiger partial charge in [-0.15, -0.1) is 0 Å². The highest BCUT2D eigenvalue weighted by Crippen LogP contribution is 2.32. The second-order valence-corrected chi connectivity index (χ2v) is 6.22. The fourth-order valence-electron chi connectivity index (χ4n) is 3.18. The highest BCUT2D eigenvalue weighted by Gasteiger charge is 2.36. The number of ether oxygens (including phenoxy) is 2. The molecular weight excluding hydrogens is 338 g/mol. The molecule has 1 aliphatic rings. The number of hydrogen-bond acceptors (Lipinski definition) is 8. The van der Waals surface area contributed by atoms with Crippen LogP contribution < -0.4 is 5.73 Å². The number of nitrogen functional groups attached to an aromatic ring is 1. The summed E-state index contributed by atoms with van der Waals surface area (Å²) < 4.78 is 15.6. The molecule has 0 saturated carbocycles. The quantitative estimate of drug-likeness (QED) is 0.664. The Morgan fingerprint density at radius 2 is 2.27 bits per heavy atom. The summed E-state index contributed by atoms with van der Waals surface area (Å²) in [6.07, 6.45) is 7.87. The zero-order chi connectivity index (χ0) is 18.1. The van der Waals surface area contributed by atoms with Gasteiger partial charge in [0.15, 0.2) is 11.5 Å². The van der Waals surface area contributed by atoms with Crippen molar-refractivity contribution in [1.82, 2.24) is 29.1 Å². The van der Waals surface area contributed by atoms with Crippen LogP contribution in [0.5, 0.6) is 0 Å². The Morgan fingerprint density at radius 1 is 1.38 bits per heavy atom. The third-order valence-corrected chi connectivity index (χ3v) is 4.56. The number of hydrogen-bond donors (Lipinski definition) is 2. The maximum absolute atomic E-state index is 10.4. The maximum atomic E-state index is 10.4. The molecule has 3 N–H and O–H groups in total. The summed E-state index contributed by atoms with van der Waals surface area (Å²) in [4.78, 5) is 16.4. The standard InChI is InChI=1S/C16H21N7O3/c1-2-12(22-4-3-18-8-22)25-6-11-10(24)5-13(26-11)23-9-21-14-15(17)19-7-20-16(14)23/h3-4,7-13,24H,2,5-6H2,1H3,(H2,17,19,20)/t10-,11+,12?,13+/m0/s1. The summed E-state index contributed by atoms with van der Waals surface area (Å²) in [5.41, 5.74) is 6.93. The summed E-state index contributed by atoms with van der Waals surface area (Å²) >= 11 is 0. The lowest BCUT2D eigenvalue weighted by Gasteiger charge is -2.21. The number of nitrogens with zero attached hydrogens (tertiary/aromatic N) is 6. The molecule has 1 saturated heterocycles. The molecule has 3 aromatic heterocycles. The van der Waals surface area contributed by atoms with Gasteiger partial charge in [0.25, 0.3) is 0 Å². The van der Waals surface area contributed by atoms with Crippen LogP contribution in [0.2, 0.25) is 0 Å². The minimum atomic E-state index is -0.642. The predicted octanol–water partition coefficient (Wildman–Crippen LogP) is 0.879. The van der Waals surface area contributed by atoms with E-state index in [9.17, 15) is 5.11 Å². The Kier molecular flexibility index (Phi) is 4.53. The molecule has 1 aliphatic heterocycles. The lowest BCUT2D eigenvalue weighted by Crippen LogP contribution is -2.28. The zero-order valence-electron chi connectivity index (χ0n) is 14.3. The van der Waals surface area contributed by atoms with Crippen molar-refractivity contribution in [3.8, 4) is 0 Å². The smallest absolute Gasteiger partial charge is 0.167 e. The molecule has 0 radical (unpaired) electrons. The van der Waals surface area contributed by atoms with Crippen LogP contribution in [0.1, 0.15) is 32.2 Å². The Bertz CT molecular complexity index is 866. The van der Waals surface area contributed by atoms with Crippen molar-refractivity contribution >= 4 is 17.0 Å². The van der Waals surface area contributed by atoms with E-state index in [2.05, 4.69) is 19.9 Å². The molecule has 1 unspecified atom stereocenters. The molecule has 0 spiro atoms. The topological polar surface area (TPSA) is 126 Å². The van der Waals surface area contributed by atoms with Crippen molar-refractivity contribution in [1.29, 1.82) is 0 Å². The SMILES string of the molecule is CCC(OC[C@H]1O[C@@H](n2cnc3c(N)ncnc32)C[C@@H]1O)n1ccnc1. The lowest BCUT2D eigenvalue weighted by atomic mass is 10.2. The summed E-state index contributed by atoms with van der Waals surface area (Å²) in [7, 11) is 0. The summed E-state index contributed by atoms with van der Waals surface area (Å²) in [6, 6.07) is 0. The van der Waals surface area contributed by atoms with E-state index < -0.39 is 12.2 Å². The van der Waals surface area contributed by atoms with Crippen molar-refractivity contribution in [2.75, 3.05) is 12.3 Å². The van der Waals surface area contributed by atoms with Crippen LogP contribution in [0, 0.1) is 0 Å². The molecule has 0 aliphatic carbocycles. The van der Waals surface area contributed by atoms with Gasteiger partial charge < -0.3 is 24.9 Å². The molecule has 138 valence electrons. The van der Waals surface area contributed by atoms with Crippen molar-refractivity contribution < 1.29 is 14.6 Å². The average Bonchev–Trinajstić information content (AvgIpc) is 3.36. The van der Waals surface area contributed by atoms with Gasteiger partial charge in [0.05, 0.1) is 25.4 Å². The minimum Gasteiger partial charge on any atom is -0.390 e. The number of aliphatic hydroxyl groups is 1. The van der Waals surface area contributed by atoms with Crippen molar-refractivity contribution in [2.45, 2.75) is 44.4 Å². The molecule has 0 amide bonds. The first-order valence-corrected chi connectivity index (χ1v) is 8.53. The van der Waals surface area contributed by atoms with Gasteiger partial charge in [0.1, 0.15) is 30.4 Å². The number of fused-ring (bicyclic) bond motifs is 1. The number of aromatic nitrogens is 6.